The van der Waals surface area contributed by atoms with Crippen LogP contribution in [0, 0.1) is 15.9 Å². The van der Waals surface area contributed by atoms with Gasteiger partial charge in [-0.2, -0.15) is 0 Å². The van der Waals surface area contributed by atoms with E-state index >= 15 is 0 Å². The number of nitrogens with two attached hydrogens (primary N) is 1. The molecule has 0 aliphatic heterocycles. The lowest BCUT2D eigenvalue weighted by atomic mass is 10.1. The van der Waals surface area contributed by atoms with E-state index in [1.165, 1.54) is 30.3 Å². The largest absolute Gasteiger partial charge is 0.393 e. The molecular formula is C15H14FN3O4. The van der Waals surface area contributed by atoms with E-state index in [2.05, 4.69) is 5.32 Å². The molecule has 0 aromatic heterocycles. The number of hydrogen-bond acceptors (Lipinski definition) is 5. The van der Waals surface area contributed by atoms with Crippen molar-refractivity contribution in [1.29, 1.82) is 0 Å². The summed E-state index contributed by atoms with van der Waals surface area (Å²) in [5, 5.41) is 23.1. The lowest BCUT2D eigenvalue weighted by Gasteiger charge is -2.13. The average molecular weight is 319 g/mol. The van der Waals surface area contributed by atoms with Gasteiger partial charge in [0, 0.05) is 23.7 Å². The number of aliphatic hydroxyl groups is 1. The zero-order valence-corrected chi connectivity index (χ0v) is 11.9. The monoisotopic (exact) mass is 319 g/mol. The number of rotatable bonds is 5. The number of amides is 1. The van der Waals surface area contributed by atoms with Crippen LogP contribution in [0.3, 0.4) is 0 Å². The van der Waals surface area contributed by atoms with E-state index in [1.807, 2.05) is 0 Å². The first kappa shape index (κ1) is 16.4. The Balaban J connectivity index is 2.07. The number of anilines is 1. The van der Waals surface area contributed by atoms with Crippen molar-refractivity contribution in [2.75, 3.05) is 12.3 Å². The van der Waals surface area contributed by atoms with Crippen LogP contribution in [0.2, 0.25) is 0 Å². The molecule has 2 aromatic rings. The van der Waals surface area contributed by atoms with Crippen LogP contribution < -0.4 is 11.1 Å². The van der Waals surface area contributed by atoms with Crippen molar-refractivity contribution < 1.29 is 19.2 Å². The van der Waals surface area contributed by atoms with Gasteiger partial charge in [0.15, 0.2) is 0 Å². The average Bonchev–Trinajstić information content (AvgIpc) is 2.52. The Morgan fingerprint density at radius 2 is 2.04 bits per heavy atom. The van der Waals surface area contributed by atoms with Crippen LogP contribution in [0.15, 0.2) is 42.5 Å². The number of nitro benzene ring substituents is 1. The Labute approximate surface area is 130 Å². The molecule has 1 atom stereocenters. The third-order valence-corrected chi connectivity index (χ3v) is 3.21. The molecule has 0 saturated carbocycles. The molecule has 0 saturated heterocycles. The van der Waals surface area contributed by atoms with E-state index < -0.39 is 22.8 Å². The number of nitrogen functional groups attached to an aromatic ring is 1. The predicted octanol–water partition coefficient (Wildman–Crippen LogP) is 1.78. The van der Waals surface area contributed by atoms with Crippen molar-refractivity contribution in [2.45, 2.75) is 6.10 Å². The molecule has 23 heavy (non-hydrogen) atoms. The fourth-order valence-electron chi connectivity index (χ4n) is 1.99. The van der Waals surface area contributed by atoms with Gasteiger partial charge in [-0.15, -0.1) is 0 Å². The number of halogens is 1. The Kier molecular flexibility index (Phi) is 4.87. The van der Waals surface area contributed by atoms with Crippen LogP contribution in [-0.2, 0) is 0 Å². The van der Waals surface area contributed by atoms with Gasteiger partial charge >= 0.3 is 0 Å². The van der Waals surface area contributed by atoms with Crippen LogP contribution in [0.1, 0.15) is 22.0 Å². The van der Waals surface area contributed by atoms with Crippen molar-refractivity contribution in [3.05, 3.63) is 69.5 Å². The zero-order valence-electron chi connectivity index (χ0n) is 11.9. The van der Waals surface area contributed by atoms with Gasteiger partial charge in [0.1, 0.15) is 11.5 Å². The Morgan fingerprint density at radius 1 is 1.35 bits per heavy atom. The highest BCUT2D eigenvalue weighted by Crippen LogP contribution is 2.22. The molecule has 1 unspecified atom stereocenters. The van der Waals surface area contributed by atoms with E-state index in [-0.39, 0.29) is 29.0 Å². The van der Waals surface area contributed by atoms with Crippen molar-refractivity contribution >= 4 is 17.3 Å². The maximum atomic E-state index is 13.5. The molecule has 0 bridgehead atoms. The summed E-state index contributed by atoms with van der Waals surface area (Å²) < 4.78 is 13.5. The molecule has 2 aromatic carbocycles. The van der Waals surface area contributed by atoms with Gasteiger partial charge in [0.2, 0.25) is 0 Å². The Morgan fingerprint density at radius 3 is 2.70 bits per heavy atom. The first-order chi connectivity index (χ1) is 10.9. The predicted molar refractivity (Wildman–Crippen MR) is 81.2 cm³/mol. The number of hydrogen-bond donors (Lipinski definition) is 3. The Bertz CT molecular complexity index is 751. The van der Waals surface area contributed by atoms with Crippen LogP contribution >= 0.6 is 0 Å². The minimum Gasteiger partial charge on any atom is -0.393 e. The van der Waals surface area contributed by atoms with E-state index in [1.54, 1.807) is 6.07 Å². The summed E-state index contributed by atoms with van der Waals surface area (Å²) >= 11 is 0. The van der Waals surface area contributed by atoms with Crippen molar-refractivity contribution in [2.24, 2.45) is 0 Å². The third-order valence-electron chi connectivity index (χ3n) is 3.21. The van der Waals surface area contributed by atoms with Gasteiger partial charge in [-0.25, -0.2) is 4.39 Å². The molecule has 120 valence electrons. The number of carbonyl (C=O) groups is 1. The second-order valence-corrected chi connectivity index (χ2v) is 4.78. The van der Waals surface area contributed by atoms with Crippen LogP contribution in [0.5, 0.6) is 0 Å². The standard InChI is InChI=1S/C15H14FN3O4/c16-11-4-2-1-3-10(11)14(20)8-18-15(21)9-5-6-12(17)13(7-9)19(22)23/h1-7,14,20H,8,17H2,(H,18,21). The number of nitro groups is 1. The number of aliphatic hydroxyl groups excluding tert-OH is 1. The number of carbonyl (C=O) groups excluding carboxylic acids is 1. The third kappa shape index (κ3) is 3.80. The van der Waals surface area contributed by atoms with Gasteiger partial charge in [0.25, 0.3) is 11.6 Å². The van der Waals surface area contributed by atoms with E-state index in [4.69, 9.17) is 5.73 Å². The summed E-state index contributed by atoms with van der Waals surface area (Å²) in [6.07, 6.45) is -1.23. The second kappa shape index (κ2) is 6.84. The van der Waals surface area contributed by atoms with Crippen LogP contribution in [0.4, 0.5) is 15.8 Å². The van der Waals surface area contributed by atoms with Crippen LogP contribution in [0.25, 0.3) is 0 Å². The quantitative estimate of drug-likeness (QED) is 0.441. The highest BCUT2D eigenvalue weighted by Gasteiger charge is 2.17. The first-order valence-electron chi connectivity index (χ1n) is 6.64. The number of benzene rings is 2. The fraction of sp³-hybridized carbons (Fsp3) is 0.133. The normalized spacial score (nSPS) is 11.7. The lowest BCUT2D eigenvalue weighted by molar-refractivity contribution is -0.383. The van der Waals surface area contributed by atoms with E-state index in [0.717, 1.165) is 6.07 Å². The molecule has 0 fully saturated rings. The molecule has 2 rings (SSSR count). The van der Waals surface area contributed by atoms with E-state index in [0.29, 0.717) is 0 Å². The van der Waals surface area contributed by atoms with Gasteiger partial charge < -0.3 is 16.2 Å². The molecule has 0 heterocycles. The minimum atomic E-state index is -1.23. The Hall–Kier alpha value is -3.00. The summed E-state index contributed by atoms with van der Waals surface area (Å²) in [6, 6.07) is 9.27. The van der Waals surface area contributed by atoms with E-state index in [9.17, 15) is 24.4 Å². The molecule has 0 radical (unpaired) electrons. The molecule has 0 aliphatic rings. The minimum absolute atomic E-state index is 0.0200. The SMILES string of the molecule is Nc1ccc(C(=O)NCC(O)c2ccccc2F)cc1[N+](=O)[O-]. The molecule has 0 spiro atoms. The van der Waals surface area contributed by atoms with Gasteiger partial charge in [-0.3, -0.25) is 14.9 Å². The maximum Gasteiger partial charge on any atom is 0.292 e. The highest BCUT2D eigenvalue weighted by atomic mass is 19.1. The smallest absolute Gasteiger partial charge is 0.292 e. The van der Waals surface area contributed by atoms with Gasteiger partial charge in [-0.05, 0) is 18.2 Å². The molecule has 8 heteroatoms. The summed E-state index contributed by atoms with van der Waals surface area (Å²) in [5.74, 6) is -1.22. The lowest BCUT2D eigenvalue weighted by Crippen LogP contribution is -2.28. The maximum absolute atomic E-state index is 13.5. The highest BCUT2D eigenvalue weighted by molar-refractivity contribution is 5.95. The topological polar surface area (TPSA) is 118 Å². The molecule has 4 N–H and O–H groups in total. The molecule has 0 aliphatic carbocycles. The van der Waals surface area contributed by atoms with Gasteiger partial charge in [0.05, 0.1) is 11.0 Å². The summed E-state index contributed by atoms with van der Waals surface area (Å²) in [5.41, 5.74) is 5.08. The number of nitrogens with zero attached hydrogens (tertiary/aromatic N) is 1. The fourth-order valence-corrected chi connectivity index (χ4v) is 1.99. The van der Waals surface area contributed by atoms with Gasteiger partial charge in [-0.1, -0.05) is 18.2 Å². The summed E-state index contributed by atoms with van der Waals surface area (Å²) in [4.78, 5) is 22.1. The zero-order chi connectivity index (χ0) is 17.0. The van der Waals surface area contributed by atoms with Crippen molar-refractivity contribution in [3.8, 4) is 0 Å². The second-order valence-electron chi connectivity index (χ2n) is 4.78. The number of nitrogens with one attached hydrogen (secondary N) is 1. The van der Waals surface area contributed by atoms with Crippen molar-refractivity contribution in [1.82, 2.24) is 5.32 Å². The molecule has 1 amide bonds. The first-order valence-corrected chi connectivity index (χ1v) is 6.64. The molecular weight excluding hydrogens is 305 g/mol. The molecule has 7 nitrogen and oxygen atoms in total. The van der Waals surface area contributed by atoms with Crippen LogP contribution in [-0.4, -0.2) is 22.5 Å². The summed E-state index contributed by atoms with van der Waals surface area (Å²) in [7, 11) is 0. The van der Waals surface area contributed by atoms with Crippen molar-refractivity contribution in [3.63, 3.8) is 0 Å². The summed E-state index contributed by atoms with van der Waals surface area (Å²) in [6.45, 7) is -0.238.